The molecule has 0 aliphatic carbocycles. The van der Waals surface area contributed by atoms with Crippen LogP contribution in [0.3, 0.4) is 0 Å². The van der Waals surface area contributed by atoms with E-state index in [2.05, 4.69) is 0 Å². The molecular weight excluding hydrogens is 300 g/mol. The lowest BCUT2D eigenvalue weighted by Crippen LogP contribution is -2.27. The summed E-state index contributed by atoms with van der Waals surface area (Å²) in [5.41, 5.74) is 1.04. The van der Waals surface area contributed by atoms with E-state index >= 15 is 0 Å². The summed E-state index contributed by atoms with van der Waals surface area (Å²) in [4.78, 5) is 0.551. The number of aryl methyl sites for hydroxylation is 1. The molecule has 1 heterocycles. The van der Waals surface area contributed by atoms with E-state index in [9.17, 15) is 8.42 Å². The fourth-order valence-electron chi connectivity index (χ4n) is 2.61. The van der Waals surface area contributed by atoms with Gasteiger partial charge in [-0.3, -0.25) is 0 Å². The SMILES string of the molecule is COCC1CCc2ccc(S(=O)(=O)c3ccccc3)cc2O1. The predicted molar refractivity (Wildman–Crippen MR) is 82.9 cm³/mol. The van der Waals surface area contributed by atoms with Crippen LogP contribution in [0, 0.1) is 0 Å². The van der Waals surface area contributed by atoms with Crippen LogP contribution in [0.5, 0.6) is 5.75 Å². The van der Waals surface area contributed by atoms with Crippen LogP contribution in [0.2, 0.25) is 0 Å². The Balaban J connectivity index is 1.95. The number of hydrogen-bond donors (Lipinski definition) is 0. The number of fused-ring (bicyclic) bond motifs is 1. The van der Waals surface area contributed by atoms with E-state index in [1.807, 2.05) is 6.07 Å². The summed E-state index contributed by atoms with van der Waals surface area (Å²) >= 11 is 0. The molecule has 22 heavy (non-hydrogen) atoms. The van der Waals surface area contributed by atoms with Crippen LogP contribution in [0.25, 0.3) is 0 Å². The van der Waals surface area contributed by atoms with E-state index in [0.29, 0.717) is 17.3 Å². The zero-order valence-electron chi connectivity index (χ0n) is 12.4. The highest BCUT2D eigenvalue weighted by molar-refractivity contribution is 7.91. The summed E-state index contributed by atoms with van der Waals surface area (Å²) in [7, 11) is -1.88. The number of methoxy groups -OCH3 is 1. The van der Waals surface area contributed by atoms with Gasteiger partial charge < -0.3 is 9.47 Å². The van der Waals surface area contributed by atoms with Gasteiger partial charge in [-0.15, -0.1) is 0 Å². The molecule has 0 fully saturated rings. The van der Waals surface area contributed by atoms with E-state index in [0.717, 1.165) is 18.4 Å². The summed E-state index contributed by atoms with van der Waals surface area (Å²) < 4.78 is 36.3. The highest BCUT2D eigenvalue weighted by Crippen LogP contribution is 2.32. The summed E-state index contributed by atoms with van der Waals surface area (Å²) in [5.74, 6) is 0.644. The number of sulfone groups is 1. The first kappa shape index (κ1) is 15.1. The molecule has 0 aromatic heterocycles. The predicted octanol–water partition coefficient (Wildman–Crippen LogP) is 2.86. The molecule has 2 aromatic rings. The molecule has 0 radical (unpaired) electrons. The standard InChI is InChI=1S/C17H18O4S/c1-20-12-14-9-7-13-8-10-16(11-17(13)21-14)22(18,19)15-5-3-2-4-6-15/h2-6,8,10-11,14H,7,9,12H2,1H3. The van der Waals surface area contributed by atoms with Crippen LogP contribution in [-0.4, -0.2) is 28.2 Å². The third kappa shape index (κ3) is 2.87. The Morgan fingerprint density at radius 3 is 2.64 bits per heavy atom. The minimum absolute atomic E-state index is 0.0211. The van der Waals surface area contributed by atoms with Gasteiger partial charge in [0.25, 0.3) is 0 Å². The molecule has 116 valence electrons. The molecule has 1 aliphatic rings. The van der Waals surface area contributed by atoms with Crippen molar-refractivity contribution in [2.75, 3.05) is 13.7 Å². The second kappa shape index (κ2) is 6.10. The highest BCUT2D eigenvalue weighted by Gasteiger charge is 2.23. The normalized spacial score (nSPS) is 17.6. The zero-order valence-corrected chi connectivity index (χ0v) is 13.2. The Bertz CT molecular complexity index is 753. The summed E-state index contributed by atoms with van der Waals surface area (Å²) in [6.07, 6.45) is 1.73. The van der Waals surface area contributed by atoms with Gasteiger partial charge in [0.05, 0.1) is 16.4 Å². The van der Waals surface area contributed by atoms with E-state index in [1.165, 1.54) is 0 Å². The first-order chi connectivity index (χ1) is 10.6. The summed E-state index contributed by atoms with van der Waals surface area (Å²) in [6, 6.07) is 13.6. The number of ether oxygens (including phenoxy) is 2. The van der Waals surface area contributed by atoms with Gasteiger partial charge in [-0.1, -0.05) is 24.3 Å². The van der Waals surface area contributed by atoms with Gasteiger partial charge in [-0.25, -0.2) is 8.42 Å². The van der Waals surface area contributed by atoms with Crippen molar-refractivity contribution in [2.24, 2.45) is 0 Å². The lowest BCUT2D eigenvalue weighted by atomic mass is 10.0. The van der Waals surface area contributed by atoms with Crippen LogP contribution in [0.15, 0.2) is 58.3 Å². The summed E-state index contributed by atoms with van der Waals surface area (Å²) in [6.45, 7) is 0.509. The fraction of sp³-hybridized carbons (Fsp3) is 0.294. The number of benzene rings is 2. The van der Waals surface area contributed by atoms with Crippen molar-refractivity contribution in [1.82, 2.24) is 0 Å². The van der Waals surface area contributed by atoms with E-state index < -0.39 is 9.84 Å². The van der Waals surface area contributed by atoms with Gasteiger partial charge in [0.2, 0.25) is 9.84 Å². The molecule has 4 nitrogen and oxygen atoms in total. The molecule has 5 heteroatoms. The quantitative estimate of drug-likeness (QED) is 0.870. The first-order valence-electron chi connectivity index (χ1n) is 7.20. The van der Waals surface area contributed by atoms with Crippen molar-refractivity contribution < 1.29 is 17.9 Å². The maximum absolute atomic E-state index is 12.6. The Hall–Kier alpha value is -1.85. The van der Waals surface area contributed by atoms with Gasteiger partial charge in [0.1, 0.15) is 11.9 Å². The molecule has 1 unspecified atom stereocenters. The fourth-order valence-corrected chi connectivity index (χ4v) is 3.91. The number of rotatable bonds is 4. The van der Waals surface area contributed by atoms with Crippen LogP contribution in [0.4, 0.5) is 0 Å². The van der Waals surface area contributed by atoms with Crippen molar-refractivity contribution in [1.29, 1.82) is 0 Å². The minimum atomic E-state index is -3.51. The van der Waals surface area contributed by atoms with Crippen molar-refractivity contribution in [2.45, 2.75) is 28.7 Å². The second-order valence-corrected chi connectivity index (χ2v) is 7.27. The highest BCUT2D eigenvalue weighted by atomic mass is 32.2. The van der Waals surface area contributed by atoms with Gasteiger partial charge in [-0.05, 0) is 42.7 Å². The average molecular weight is 318 g/mol. The molecule has 0 saturated carbocycles. The lowest BCUT2D eigenvalue weighted by Gasteiger charge is -2.26. The van der Waals surface area contributed by atoms with Gasteiger partial charge in [-0.2, -0.15) is 0 Å². The van der Waals surface area contributed by atoms with Crippen LogP contribution in [0.1, 0.15) is 12.0 Å². The van der Waals surface area contributed by atoms with Crippen molar-refractivity contribution in [3.05, 3.63) is 54.1 Å². The Labute approximate surface area is 130 Å². The molecule has 0 spiro atoms. The topological polar surface area (TPSA) is 52.6 Å². The molecule has 1 aliphatic heterocycles. The molecule has 0 saturated heterocycles. The Kier molecular flexibility index (Phi) is 4.18. The van der Waals surface area contributed by atoms with Crippen LogP contribution < -0.4 is 4.74 Å². The average Bonchev–Trinajstić information content (AvgIpc) is 2.55. The van der Waals surface area contributed by atoms with Gasteiger partial charge >= 0.3 is 0 Å². The molecule has 0 amide bonds. The molecule has 2 aromatic carbocycles. The van der Waals surface area contributed by atoms with Crippen LogP contribution in [-0.2, 0) is 21.0 Å². The van der Waals surface area contributed by atoms with Crippen molar-refractivity contribution in [3.63, 3.8) is 0 Å². The lowest BCUT2D eigenvalue weighted by molar-refractivity contribution is 0.0675. The first-order valence-corrected chi connectivity index (χ1v) is 8.68. The molecule has 0 bridgehead atoms. The van der Waals surface area contributed by atoms with Crippen molar-refractivity contribution >= 4 is 9.84 Å². The van der Waals surface area contributed by atoms with Crippen LogP contribution >= 0.6 is 0 Å². The Morgan fingerprint density at radius 2 is 1.91 bits per heavy atom. The smallest absolute Gasteiger partial charge is 0.206 e. The van der Waals surface area contributed by atoms with Gasteiger partial charge in [0.15, 0.2) is 0 Å². The Morgan fingerprint density at radius 1 is 1.14 bits per heavy atom. The molecule has 3 rings (SSSR count). The van der Waals surface area contributed by atoms with E-state index in [-0.39, 0.29) is 11.0 Å². The molecular formula is C17H18O4S. The third-order valence-corrected chi connectivity index (χ3v) is 5.55. The molecule has 0 N–H and O–H groups in total. The zero-order chi connectivity index (χ0) is 15.6. The molecule has 1 atom stereocenters. The van der Waals surface area contributed by atoms with E-state index in [1.54, 1.807) is 49.6 Å². The summed E-state index contributed by atoms with van der Waals surface area (Å²) in [5, 5.41) is 0. The largest absolute Gasteiger partial charge is 0.488 e. The van der Waals surface area contributed by atoms with E-state index in [4.69, 9.17) is 9.47 Å². The maximum Gasteiger partial charge on any atom is 0.206 e. The monoisotopic (exact) mass is 318 g/mol. The number of hydrogen-bond acceptors (Lipinski definition) is 4. The van der Waals surface area contributed by atoms with Crippen molar-refractivity contribution in [3.8, 4) is 5.75 Å². The maximum atomic E-state index is 12.6. The third-order valence-electron chi connectivity index (χ3n) is 3.78. The minimum Gasteiger partial charge on any atom is -0.488 e. The van der Waals surface area contributed by atoms with Gasteiger partial charge in [0, 0.05) is 7.11 Å². The second-order valence-electron chi connectivity index (χ2n) is 5.32.